The van der Waals surface area contributed by atoms with Crippen molar-refractivity contribution in [3.05, 3.63) is 59.4 Å². The van der Waals surface area contributed by atoms with Gasteiger partial charge in [0.1, 0.15) is 11.6 Å². The number of aromatic nitrogens is 2. The number of halogens is 3. The largest absolute Gasteiger partial charge is 0.497 e. The Labute approximate surface area is 178 Å². The molecule has 1 saturated heterocycles. The first-order chi connectivity index (χ1) is 14.8. The fraction of sp³-hybridized carbons (Fsp3) is 0.391. The topological polar surface area (TPSA) is 47.4 Å². The average molecular weight is 431 g/mol. The van der Waals surface area contributed by atoms with E-state index in [4.69, 9.17) is 4.74 Å². The summed E-state index contributed by atoms with van der Waals surface area (Å²) in [5.41, 5.74) is 1.30. The van der Waals surface area contributed by atoms with Crippen LogP contribution in [-0.2, 0) is 17.4 Å². The Balaban J connectivity index is 1.44. The Morgan fingerprint density at radius 3 is 2.42 bits per heavy atom. The molecule has 164 valence electrons. The highest BCUT2D eigenvalue weighted by Gasteiger charge is 2.32. The Morgan fingerprint density at radius 1 is 1.13 bits per heavy atom. The van der Waals surface area contributed by atoms with Crippen LogP contribution in [-0.4, -0.2) is 40.6 Å². The third-order valence-electron chi connectivity index (χ3n) is 5.89. The number of methoxy groups -OCH3 is 1. The van der Waals surface area contributed by atoms with Crippen LogP contribution in [0.1, 0.15) is 35.8 Å². The van der Waals surface area contributed by atoms with Gasteiger partial charge in [0.05, 0.1) is 30.1 Å². The van der Waals surface area contributed by atoms with Crippen molar-refractivity contribution in [2.24, 2.45) is 0 Å². The van der Waals surface area contributed by atoms with Crippen LogP contribution in [0.3, 0.4) is 0 Å². The molecule has 0 saturated carbocycles. The Hall–Kier alpha value is -3.03. The summed E-state index contributed by atoms with van der Waals surface area (Å²) in [5, 5.41) is 0. The number of alkyl halides is 3. The highest BCUT2D eigenvalue weighted by molar-refractivity contribution is 5.79. The number of piperidine rings is 1. The number of likely N-dealkylation sites (tertiary alicyclic amines) is 1. The second-order valence-electron chi connectivity index (χ2n) is 7.87. The number of hydrogen-bond acceptors (Lipinski definition) is 3. The van der Waals surface area contributed by atoms with Gasteiger partial charge in [0.25, 0.3) is 0 Å². The van der Waals surface area contributed by atoms with Gasteiger partial charge in [0.15, 0.2) is 0 Å². The number of aryl methyl sites for hydroxylation is 1. The maximum atomic E-state index is 13.0. The van der Waals surface area contributed by atoms with E-state index < -0.39 is 11.7 Å². The molecule has 1 aliphatic rings. The first-order valence-corrected chi connectivity index (χ1v) is 10.2. The molecule has 5 nitrogen and oxygen atoms in total. The van der Waals surface area contributed by atoms with Crippen LogP contribution >= 0.6 is 0 Å². The van der Waals surface area contributed by atoms with E-state index in [2.05, 4.69) is 4.98 Å². The van der Waals surface area contributed by atoms with Gasteiger partial charge < -0.3 is 14.2 Å². The van der Waals surface area contributed by atoms with Crippen molar-refractivity contribution in [3.63, 3.8) is 0 Å². The predicted octanol–water partition coefficient (Wildman–Crippen LogP) is 4.78. The second-order valence-corrected chi connectivity index (χ2v) is 7.87. The third kappa shape index (κ3) is 4.38. The molecule has 0 aliphatic carbocycles. The maximum absolute atomic E-state index is 13.0. The number of benzene rings is 2. The summed E-state index contributed by atoms with van der Waals surface area (Å²) in [6.07, 6.45) is -2.58. The van der Waals surface area contributed by atoms with Gasteiger partial charge in [-0.3, -0.25) is 4.79 Å². The lowest BCUT2D eigenvalue weighted by molar-refractivity contribution is -0.137. The zero-order valence-corrected chi connectivity index (χ0v) is 17.4. The summed E-state index contributed by atoms with van der Waals surface area (Å²) < 4.78 is 46.2. The van der Waals surface area contributed by atoms with Gasteiger partial charge >= 0.3 is 6.18 Å². The van der Waals surface area contributed by atoms with Crippen LogP contribution < -0.4 is 4.74 Å². The molecule has 2 aromatic carbocycles. The average Bonchev–Trinajstić information content (AvgIpc) is 3.08. The maximum Gasteiger partial charge on any atom is 0.416 e. The minimum atomic E-state index is -4.39. The van der Waals surface area contributed by atoms with E-state index in [1.54, 1.807) is 7.11 Å². The minimum absolute atomic E-state index is 0.0747. The summed E-state index contributed by atoms with van der Waals surface area (Å²) in [6.45, 7) is 3.03. The molecule has 3 aromatic rings. The minimum Gasteiger partial charge on any atom is -0.497 e. The summed E-state index contributed by atoms with van der Waals surface area (Å²) in [6, 6.07) is 11.3. The molecule has 31 heavy (non-hydrogen) atoms. The lowest BCUT2D eigenvalue weighted by Gasteiger charge is -2.33. The lowest BCUT2D eigenvalue weighted by atomic mass is 10.0. The molecule has 4 rings (SSSR count). The van der Waals surface area contributed by atoms with Gasteiger partial charge in [-0.25, -0.2) is 4.98 Å². The van der Waals surface area contributed by atoms with Crippen LogP contribution in [0, 0.1) is 6.92 Å². The van der Waals surface area contributed by atoms with E-state index in [1.165, 1.54) is 6.07 Å². The molecule has 0 atom stereocenters. The van der Waals surface area contributed by atoms with E-state index in [1.807, 2.05) is 40.7 Å². The summed E-state index contributed by atoms with van der Waals surface area (Å²) in [7, 11) is 1.60. The summed E-state index contributed by atoms with van der Waals surface area (Å²) >= 11 is 0. The van der Waals surface area contributed by atoms with Crippen molar-refractivity contribution in [2.75, 3.05) is 20.2 Å². The normalized spacial score (nSPS) is 15.5. The first kappa shape index (κ1) is 21.2. The number of ether oxygens (including phenoxy) is 1. The van der Waals surface area contributed by atoms with Crippen molar-refractivity contribution in [2.45, 2.75) is 38.4 Å². The number of carbonyl (C=O) groups is 1. The highest BCUT2D eigenvalue weighted by atomic mass is 19.4. The molecule has 8 heteroatoms. The van der Waals surface area contributed by atoms with Gasteiger partial charge in [-0.05, 0) is 55.7 Å². The Bertz CT molecular complexity index is 1080. The number of fused-ring (bicyclic) bond motifs is 1. The van der Waals surface area contributed by atoms with Gasteiger partial charge in [0, 0.05) is 19.1 Å². The molecule has 0 radical (unpaired) electrons. The van der Waals surface area contributed by atoms with E-state index in [9.17, 15) is 18.0 Å². The summed E-state index contributed by atoms with van der Waals surface area (Å²) in [4.78, 5) is 18.9. The van der Waals surface area contributed by atoms with Crippen molar-refractivity contribution in [1.82, 2.24) is 14.5 Å². The first-order valence-electron chi connectivity index (χ1n) is 10.2. The molecule has 1 aromatic heterocycles. The van der Waals surface area contributed by atoms with Crippen LogP contribution in [0.2, 0.25) is 0 Å². The van der Waals surface area contributed by atoms with Gasteiger partial charge in [-0.1, -0.05) is 12.1 Å². The second kappa shape index (κ2) is 8.24. The Morgan fingerprint density at radius 2 is 1.81 bits per heavy atom. The third-order valence-corrected chi connectivity index (χ3v) is 5.89. The molecular weight excluding hydrogens is 407 g/mol. The van der Waals surface area contributed by atoms with Crippen LogP contribution in [0.5, 0.6) is 5.75 Å². The number of imidazole rings is 1. The van der Waals surface area contributed by atoms with Gasteiger partial charge in [-0.2, -0.15) is 13.2 Å². The molecule has 2 heterocycles. The molecule has 1 fully saturated rings. The molecule has 0 N–H and O–H groups in total. The zero-order chi connectivity index (χ0) is 22.2. The quantitative estimate of drug-likeness (QED) is 0.598. The highest BCUT2D eigenvalue weighted by Crippen LogP contribution is 2.34. The van der Waals surface area contributed by atoms with Gasteiger partial charge in [0.2, 0.25) is 5.91 Å². The fourth-order valence-corrected chi connectivity index (χ4v) is 4.26. The number of hydrogen-bond donors (Lipinski definition) is 0. The molecule has 0 spiro atoms. The molecule has 1 aliphatic heterocycles. The van der Waals surface area contributed by atoms with E-state index in [0.717, 1.165) is 36.3 Å². The zero-order valence-electron chi connectivity index (χ0n) is 17.4. The van der Waals surface area contributed by atoms with Crippen LogP contribution in [0.25, 0.3) is 11.0 Å². The number of rotatable bonds is 4. The standard InChI is InChI=1S/C23H24F3N3O2/c1-15-27-20-14-17(23(24,25)26)5-8-21(20)29(15)18-9-11-28(12-10-18)22(30)13-16-3-6-19(31-2)7-4-16/h3-8,14,18H,9-13H2,1-2H3. The molecule has 0 unspecified atom stereocenters. The van der Waals surface area contributed by atoms with Gasteiger partial charge in [-0.15, -0.1) is 0 Å². The van der Waals surface area contributed by atoms with Crippen LogP contribution in [0.15, 0.2) is 42.5 Å². The number of carbonyl (C=O) groups excluding carboxylic acids is 1. The van der Waals surface area contributed by atoms with Crippen molar-refractivity contribution >= 4 is 16.9 Å². The van der Waals surface area contributed by atoms with Crippen molar-refractivity contribution in [3.8, 4) is 5.75 Å². The number of nitrogens with zero attached hydrogens (tertiary/aromatic N) is 3. The van der Waals surface area contributed by atoms with E-state index in [0.29, 0.717) is 36.4 Å². The molecular formula is C23H24F3N3O2. The monoisotopic (exact) mass is 431 g/mol. The van der Waals surface area contributed by atoms with E-state index >= 15 is 0 Å². The van der Waals surface area contributed by atoms with Crippen molar-refractivity contribution in [1.29, 1.82) is 0 Å². The van der Waals surface area contributed by atoms with E-state index in [-0.39, 0.29) is 11.9 Å². The smallest absolute Gasteiger partial charge is 0.416 e. The predicted molar refractivity (Wildman–Crippen MR) is 111 cm³/mol. The molecule has 1 amide bonds. The SMILES string of the molecule is COc1ccc(CC(=O)N2CCC(n3c(C)nc4cc(C(F)(F)F)ccc43)CC2)cc1. The fourth-order valence-electron chi connectivity index (χ4n) is 4.26. The van der Waals surface area contributed by atoms with Crippen LogP contribution in [0.4, 0.5) is 13.2 Å². The lowest BCUT2D eigenvalue weighted by Crippen LogP contribution is -2.40. The Kier molecular flexibility index (Phi) is 5.64. The molecule has 0 bridgehead atoms. The van der Waals surface area contributed by atoms with Crippen molar-refractivity contribution < 1.29 is 22.7 Å². The number of amides is 1. The summed E-state index contributed by atoms with van der Waals surface area (Å²) in [5.74, 6) is 1.52.